The summed E-state index contributed by atoms with van der Waals surface area (Å²) in [7, 11) is 0. The van der Waals surface area contributed by atoms with Crippen molar-refractivity contribution in [1.82, 2.24) is 25.5 Å². The zero-order valence-electron chi connectivity index (χ0n) is 14.7. The van der Waals surface area contributed by atoms with Crippen LogP contribution in [0.1, 0.15) is 36.3 Å². The van der Waals surface area contributed by atoms with Crippen molar-refractivity contribution in [1.29, 1.82) is 0 Å². The number of amides is 1. The second kappa shape index (κ2) is 8.23. The molecule has 0 saturated carbocycles. The first kappa shape index (κ1) is 18.3. The molecule has 3 rings (SSSR count). The monoisotopic (exact) mass is 413 g/mol. The normalized spacial score (nSPS) is 12.0. The van der Waals surface area contributed by atoms with Gasteiger partial charge in [0, 0.05) is 10.9 Å². The van der Waals surface area contributed by atoms with Crippen LogP contribution in [-0.2, 0) is 11.2 Å². The SMILES string of the molecule is Cc1ccc(CCC(=O)NC(C)c2nnnn2-c2cccc(Br)c2)cc1. The van der Waals surface area contributed by atoms with E-state index in [4.69, 9.17) is 0 Å². The summed E-state index contributed by atoms with van der Waals surface area (Å²) in [6.07, 6.45) is 1.13. The summed E-state index contributed by atoms with van der Waals surface area (Å²) < 4.78 is 2.57. The van der Waals surface area contributed by atoms with Crippen LogP contribution in [0.4, 0.5) is 0 Å². The quantitative estimate of drug-likeness (QED) is 0.670. The molecule has 1 aromatic heterocycles. The lowest BCUT2D eigenvalue weighted by molar-refractivity contribution is -0.121. The van der Waals surface area contributed by atoms with Crippen LogP contribution >= 0.6 is 15.9 Å². The fourth-order valence-corrected chi connectivity index (χ4v) is 3.03. The first-order chi connectivity index (χ1) is 12.5. The Bertz CT molecular complexity index is 891. The highest BCUT2D eigenvalue weighted by Gasteiger charge is 2.18. The Labute approximate surface area is 160 Å². The number of hydrogen-bond acceptors (Lipinski definition) is 4. The summed E-state index contributed by atoms with van der Waals surface area (Å²) in [5.41, 5.74) is 3.20. The lowest BCUT2D eigenvalue weighted by Gasteiger charge is -2.14. The third-order valence-electron chi connectivity index (χ3n) is 4.07. The first-order valence-corrected chi connectivity index (χ1v) is 9.21. The molecule has 134 valence electrons. The molecule has 1 amide bonds. The van der Waals surface area contributed by atoms with Crippen molar-refractivity contribution in [2.24, 2.45) is 0 Å². The maximum Gasteiger partial charge on any atom is 0.220 e. The van der Waals surface area contributed by atoms with Gasteiger partial charge in [-0.15, -0.1) is 5.10 Å². The van der Waals surface area contributed by atoms with Crippen molar-refractivity contribution < 1.29 is 4.79 Å². The molecule has 1 atom stereocenters. The number of carbonyl (C=O) groups is 1. The molecule has 26 heavy (non-hydrogen) atoms. The van der Waals surface area contributed by atoms with E-state index in [1.807, 2.05) is 38.1 Å². The van der Waals surface area contributed by atoms with Gasteiger partial charge in [-0.25, -0.2) is 0 Å². The fraction of sp³-hybridized carbons (Fsp3) is 0.263. The zero-order chi connectivity index (χ0) is 18.5. The van der Waals surface area contributed by atoms with Crippen LogP contribution < -0.4 is 5.32 Å². The molecule has 0 radical (unpaired) electrons. The molecule has 0 saturated heterocycles. The predicted molar refractivity (Wildman–Crippen MR) is 103 cm³/mol. The van der Waals surface area contributed by atoms with Crippen LogP contribution in [0.25, 0.3) is 5.69 Å². The first-order valence-electron chi connectivity index (χ1n) is 8.42. The van der Waals surface area contributed by atoms with E-state index in [-0.39, 0.29) is 11.9 Å². The number of halogens is 1. The maximum atomic E-state index is 12.3. The van der Waals surface area contributed by atoms with E-state index >= 15 is 0 Å². The van der Waals surface area contributed by atoms with Gasteiger partial charge in [0.15, 0.2) is 5.82 Å². The van der Waals surface area contributed by atoms with E-state index in [2.05, 4.69) is 61.0 Å². The van der Waals surface area contributed by atoms with E-state index in [1.54, 1.807) is 4.68 Å². The van der Waals surface area contributed by atoms with Crippen molar-refractivity contribution in [3.63, 3.8) is 0 Å². The lowest BCUT2D eigenvalue weighted by atomic mass is 10.1. The van der Waals surface area contributed by atoms with Gasteiger partial charge in [0.25, 0.3) is 0 Å². The Hall–Kier alpha value is -2.54. The number of aryl methyl sites for hydroxylation is 2. The van der Waals surface area contributed by atoms with E-state index in [1.165, 1.54) is 5.56 Å². The minimum atomic E-state index is -0.297. The highest BCUT2D eigenvalue weighted by Crippen LogP contribution is 2.18. The summed E-state index contributed by atoms with van der Waals surface area (Å²) in [4.78, 5) is 12.3. The zero-order valence-corrected chi connectivity index (χ0v) is 16.3. The standard InChI is InChI=1S/C19H20BrN5O/c1-13-6-8-15(9-7-13)10-11-18(26)21-14(2)19-22-23-24-25(19)17-5-3-4-16(20)12-17/h3-9,12,14H,10-11H2,1-2H3,(H,21,26). The molecule has 0 aliphatic rings. The minimum absolute atomic E-state index is 0.0260. The number of nitrogens with one attached hydrogen (secondary N) is 1. The van der Waals surface area contributed by atoms with Crippen molar-refractivity contribution >= 4 is 21.8 Å². The average molecular weight is 414 g/mol. The van der Waals surface area contributed by atoms with Gasteiger partial charge < -0.3 is 5.32 Å². The van der Waals surface area contributed by atoms with Gasteiger partial charge in [-0.05, 0) is 54.5 Å². The number of aromatic nitrogens is 4. The van der Waals surface area contributed by atoms with Crippen LogP contribution in [0, 0.1) is 6.92 Å². The van der Waals surface area contributed by atoms with Crippen molar-refractivity contribution in [2.75, 3.05) is 0 Å². The van der Waals surface area contributed by atoms with Gasteiger partial charge in [0.1, 0.15) is 0 Å². The van der Waals surface area contributed by atoms with Crippen LogP contribution in [0.2, 0.25) is 0 Å². The molecular formula is C19H20BrN5O. The second-order valence-corrected chi connectivity index (χ2v) is 7.12. The van der Waals surface area contributed by atoms with Gasteiger partial charge in [-0.2, -0.15) is 4.68 Å². The molecule has 0 bridgehead atoms. The van der Waals surface area contributed by atoms with Crippen molar-refractivity contribution in [3.8, 4) is 5.69 Å². The highest BCUT2D eigenvalue weighted by molar-refractivity contribution is 9.10. The van der Waals surface area contributed by atoms with Gasteiger partial charge >= 0.3 is 0 Å². The molecule has 3 aromatic rings. The number of nitrogens with zero attached hydrogens (tertiary/aromatic N) is 4. The smallest absolute Gasteiger partial charge is 0.220 e. The van der Waals surface area contributed by atoms with Gasteiger partial charge in [-0.1, -0.05) is 51.8 Å². The number of carbonyl (C=O) groups excluding carboxylic acids is 1. The predicted octanol–water partition coefficient (Wildman–Crippen LogP) is 3.54. The summed E-state index contributed by atoms with van der Waals surface area (Å²) in [5.74, 6) is 0.564. The summed E-state index contributed by atoms with van der Waals surface area (Å²) in [6.45, 7) is 3.93. The van der Waals surface area contributed by atoms with E-state index in [0.29, 0.717) is 18.7 Å². The lowest BCUT2D eigenvalue weighted by Crippen LogP contribution is -2.28. The third-order valence-corrected chi connectivity index (χ3v) is 4.57. The van der Waals surface area contributed by atoms with Gasteiger partial charge in [0.05, 0.1) is 11.7 Å². The summed E-state index contributed by atoms with van der Waals surface area (Å²) in [6, 6.07) is 15.6. The molecule has 1 heterocycles. The summed E-state index contributed by atoms with van der Waals surface area (Å²) in [5, 5.41) is 14.8. The number of rotatable bonds is 6. The van der Waals surface area contributed by atoms with Crippen LogP contribution in [0.3, 0.4) is 0 Å². The topological polar surface area (TPSA) is 72.7 Å². The maximum absolute atomic E-state index is 12.3. The molecule has 2 aromatic carbocycles. The molecule has 0 fully saturated rings. The van der Waals surface area contributed by atoms with Gasteiger partial charge in [0.2, 0.25) is 5.91 Å². The average Bonchev–Trinajstić information content (AvgIpc) is 3.11. The van der Waals surface area contributed by atoms with Gasteiger partial charge in [-0.3, -0.25) is 4.79 Å². The Morgan fingerprint density at radius 2 is 2.00 bits per heavy atom. The Balaban J connectivity index is 1.63. The molecule has 6 nitrogen and oxygen atoms in total. The Kier molecular flexibility index (Phi) is 5.78. The van der Waals surface area contributed by atoms with E-state index in [9.17, 15) is 4.79 Å². The van der Waals surface area contributed by atoms with E-state index < -0.39 is 0 Å². The van der Waals surface area contributed by atoms with E-state index in [0.717, 1.165) is 15.7 Å². The summed E-state index contributed by atoms with van der Waals surface area (Å²) >= 11 is 3.45. The van der Waals surface area contributed by atoms with Crippen molar-refractivity contribution in [2.45, 2.75) is 32.7 Å². The molecule has 0 aliphatic carbocycles. The molecule has 1 unspecified atom stereocenters. The van der Waals surface area contributed by atoms with Crippen LogP contribution in [0.15, 0.2) is 53.0 Å². The van der Waals surface area contributed by atoms with Crippen molar-refractivity contribution in [3.05, 3.63) is 70.0 Å². The Morgan fingerprint density at radius 3 is 2.73 bits per heavy atom. The molecule has 0 aliphatic heterocycles. The molecule has 1 N–H and O–H groups in total. The van der Waals surface area contributed by atoms with Crippen LogP contribution in [-0.4, -0.2) is 26.1 Å². The highest BCUT2D eigenvalue weighted by atomic mass is 79.9. The Morgan fingerprint density at radius 1 is 1.23 bits per heavy atom. The van der Waals surface area contributed by atoms with Crippen LogP contribution in [0.5, 0.6) is 0 Å². The number of tetrazole rings is 1. The molecular weight excluding hydrogens is 394 g/mol. The second-order valence-electron chi connectivity index (χ2n) is 6.20. The largest absolute Gasteiger partial charge is 0.346 e. The molecule has 0 spiro atoms. The third kappa shape index (κ3) is 4.54. The number of hydrogen-bond donors (Lipinski definition) is 1. The number of benzene rings is 2. The fourth-order valence-electron chi connectivity index (χ4n) is 2.65. The minimum Gasteiger partial charge on any atom is -0.346 e. The molecule has 7 heteroatoms.